The van der Waals surface area contributed by atoms with E-state index in [1.54, 1.807) is 18.2 Å². The molecule has 1 fully saturated rings. The van der Waals surface area contributed by atoms with Gasteiger partial charge in [0, 0.05) is 12.8 Å². The van der Waals surface area contributed by atoms with Gasteiger partial charge in [-0.2, -0.15) is 0 Å². The van der Waals surface area contributed by atoms with Crippen molar-refractivity contribution in [2.75, 3.05) is 0 Å². The van der Waals surface area contributed by atoms with E-state index in [0.717, 1.165) is 12.3 Å². The number of carbonyl (C=O) groups excluding carboxylic acids is 1. The molecule has 98 valence electrons. The number of carbonyl (C=O) groups is 1. The highest BCUT2D eigenvalue weighted by Crippen LogP contribution is 2.27. The molecule has 0 heterocycles. The van der Waals surface area contributed by atoms with Crippen molar-refractivity contribution in [2.45, 2.75) is 51.4 Å². The van der Waals surface area contributed by atoms with Crippen LogP contribution in [0.2, 0.25) is 0 Å². The molecule has 1 saturated carbocycles. The monoisotopic (exact) mass is 248 g/mol. The molecule has 1 nitrogen and oxygen atoms in total. The Morgan fingerprint density at radius 2 is 1.89 bits per heavy atom. The molecule has 0 bridgehead atoms. The van der Waals surface area contributed by atoms with Crippen molar-refractivity contribution in [1.82, 2.24) is 0 Å². The fourth-order valence-electron chi connectivity index (χ4n) is 2.78. The quantitative estimate of drug-likeness (QED) is 0.759. The van der Waals surface area contributed by atoms with Gasteiger partial charge in [0.1, 0.15) is 11.6 Å². The van der Waals surface area contributed by atoms with Crippen molar-refractivity contribution < 1.29 is 9.18 Å². The molecule has 0 saturated heterocycles. The molecule has 0 atom stereocenters. The summed E-state index contributed by atoms with van der Waals surface area (Å²) < 4.78 is 13.4. The molecule has 0 aromatic heterocycles. The SMILES string of the molecule is O=C(CCC1CCCCC1)Cc1ccccc1F. The minimum atomic E-state index is -0.261. The minimum Gasteiger partial charge on any atom is -0.299 e. The number of ketones is 1. The maximum Gasteiger partial charge on any atom is 0.137 e. The Kier molecular flexibility index (Phi) is 4.91. The van der Waals surface area contributed by atoms with Gasteiger partial charge in [0.05, 0.1) is 0 Å². The van der Waals surface area contributed by atoms with Crippen molar-refractivity contribution in [3.8, 4) is 0 Å². The lowest BCUT2D eigenvalue weighted by molar-refractivity contribution is -0.118. The zero-order valence-electron chi connectivity index (χ0n) is 10.8. The number of hydrogen-bond acceptors (Lipinski definition) is 1. The molecule has 18 heavy (non-hydrogen) atoms. The van der Waals surface area contributed by atoms with Crippen LogP contribution in [0.3, 0.4) is 0 Å². The first-order valence-electron chi connectivity index (χ1n) is 7.01. The lowest BCUT2D eigenvalue weighted by Crippen LogP contribution is -2.10. The number of halogens is 1. The average Bonchev–Trinajstić information content (AvgIpc) is 2.40. The average molecular weight is 248 g/mol. The van der Waals surface area contributed by atoms with Gasteiger partial charge in [0.15, 0.2) is 0 Å². The third kappa shape index (κ3) is 3.94. The van der Waals surface area contributed by atoms with Crippen LogP contribution < -0.4 is 0 Å². The van der Waals surface area contributed by atoms with Crippen LogP contribution in [0.1, 0.15) is 50.5 Å². The maximum absolute atomic E-state index is 13.4. The summed E-state index contributed by atoms with van der Waals surface area (Å²) in [5.74, 6) is 0.637. The molecule has 0 aliphatic heterocycles. The first-order chi connectivity index (χ1) is 8.75. The highest BCUT2D eigenvalue weighted by atomic mass is 19.1. The highest BCUT2D eigenvalue weighted by molar-refractivity contribution is 5.80. The van der Waals surface area contributed by atoms with Gasteiger partial charge in [0.2, 0.25) is 0 Å². The summed E-state index contributed by atoms with van der Waals surface area (Å²) in [5.41, 5.74) is 0.533. The Morgan fingerprint density at radius 3 is 2.61 bits per heavy atom. The van der Waals surface area contributed by atoms with E-state index in [9.17, 15) is 9.18 Å². The van der Waals surface area contributed by atoms with Gasteiger partial charge in [-0.05, 0) is 24.0 Å². The first kappa shape index (κ1) is 13.3. The molecule has 1 aliphatic rings. The normalized spacial score (nSPS) is 16.7. The summed E-state index contributed by atoms with van der Waals surface area (Å²) in [6.45, 7) is 0. The standard InChI is InChI=1S/C16H21FO/c17-16-9-5-4-8-14(16)12-15(18)11-10-13-6-2-1-3-7-13/h4-5,8-9,13H,1-3,6-7,10-12H2. The fourth-order valence-corrected chi connectivity index (χ4v) is 2.78. The van der Waals surface area contributed by atoms with Gasteiger partial charge in [-0.15, -0.1) is 0 Å². The van der Waals surface area contributed by atoms with Gasteiger partial charge in [-0.3, -0.25) is 4.79 Å². The Balaban J connectivity index is 1.76. The lowest BCUT2D eigenvalue weighted by atomic mass is 9.85. The molecule has 0 spiro atoms. The van der Waals surface area contributed by atoms with Crippen molar-refractivity contribution >= 4 is 5.78 Å². The van der Waals surface area contributed by atoms with Crippen molar-refractivity contribution in [3.05, 3.63) is 35.6 Å². The lowest BCUT2D eigenvalue weighted by Gasteiger charge is -2.20. The summed E-state index contributed by atoms with van der Waals surface area (Å²) in [5, 5.41) is 0. The number of rotatable bonds is 5. The number of hydrogen-bond donors (Lipinski definition) is 0. The Hall–Kier alpha value is -1.18. The van der Waals surface area contributed by atoms with Crippen molar-refractivity contribution in [3.63, 3.8) is 0 Å². The van der Waals surface area contributed by atoms with E-state index in [1.165, 1.54) is 38.2 Å². The summed E-state index contributed by atoms with van der Waals surface area (Å²) in [7, 11) is 0. The summed E-state index contributed by atoms with van der Waals surface area (Å²) in [6.07, 6.45) is 8.36. The summed E-state index contributed by atoms with van der Waals surface area (Å²) >= 11 is 0. The molecule has 1 aromatic rings. The van der Waals surface area contributed by atoms with Crippen molar-refractivity contribution in [1.29, 1.82) is 0 Å². The summed E-state index contributed by atoms with van der Waals surface area (Å²) in [4.78, 5) is 11.8. The second-order valence-electron chi connectivity index (χ2n) is 5.35. The van der Waals surface area contributed by atoms with Gasteiger partial charge >= 0.3 is 0 Å². The van der Waals surface area contributed by atoms with Crippen LogP contribution in [0.5, 0.6) is 0 Å². The molecular formula is C16H21FO. The molecular weight excluding hydrogens is 227 g/mol. The van der Waals surface area contributed by atoms with E-state index in [1.807, 2.05) is 0 Å². The van der Waals surface area contributed by atoms with E-state index >= 15 is 0 Å². The van der Waals surface area contributed by atoms with E-state index in [4.69, 9.17) is 0 Å². The van der Waals surface area contributed by atoms with E-state index in [2.05, 4.69) is 0 Å². The van der Waals surface area contributed by atoms with Crippen LogP contribution in [-0.4, -0.2) is 5.78 Å². The predicted molar refractivity (Wildman–Crippen MR) is 70.9 cm³/mol. The molecule has 0 radical (unpaired) electrons. The number of Topliss-reactive ketones (excluding diaryl/α,β-unsaturated/α-hetero) is 1. The zero-order chi connectivity index (χ0) is 12.8. The summed E-state index contributed by atoms with van der Waals surface area (Å²) in [6, 6.07) is 6.57. The van der Waals surface area contributed by atoms with Crippen LogP contribution >= 0.6 is 0 Å². The smallest absolute Gasteiger partial charge is 0.137 e. The highest BCUT2D eigenvalue weighted by Gasteiger charge is 2.15. The molecule has 0 amide bonds. The van der Waals surface area contributed by atoms with Crippen LogP contribution in [-0.2, 0) is 11.2 Å². The molecule has 2 rings (SSSR count). The minimum absolute atomic E-state index is 0.172. The first-order valence-corrected chi connectivity index (χ1v) is 7.01. The second kappa shape index (κ2) is 6.67. The second-order valence-corrected chi connectivity index (χ2v) is 5.35. The Bertz CT molecular complexity index is 394. The predicted octanol–water partition coefficient (Wildman–Crippen LogP) is 4.30. The van der Waals surface area contributed by atoms with Crippen LogP contribution in [0.15, 0.2) is 24.3 Å². The van der Waals surface area contributed by atoms with E-state index in [-0.39, 0.29) is 18.0 Å². The Labute approximate surface area is 108 Å². The molecule has 0 unspecified atom stereocenters. The third-order valence-corrected chi connectivity index (χ3v) is 3.90. The zero-order valence-corrected chi connectivity index (χ0v) is 10.8. The number of benzene rings is 1. The molecule has 2 heteroatoms. The van der Waals surface area contributed by atoms with Gasteiger partial charge in [-0.25, -0.2) is 4.39 Å². The van der Waals surface area contributed by atoms with Gasteiger partial charge < -0.3 is 0 Å². The van der Waals surface area contributed by atoms with Crippen LogP contribution in [0, 0.1) is 11.7 Å². The molecule has 0 N–H and O–H groups in total. The maximum atomic E-state index is 13.4. The van der Waals surface area contributed by atoms with Gasteiger partial charge in [0.25, 0.3) is 0 Å². The fraction of sp³-hybridized carbons (Fsp3) is 0.562. The van der Waals surface area contributed by atoms with E-state index < -0.39 is 0 Å². The molecule has 1 aliphatic carbocycles. The van der Waals surface area contributed by atoms with E-state index in [0.29, 0.717) is 12.0 Å². The molecule has 1 aromatic carbocycles. The van der Waals surface area contributed by atoms with Gasteiger partial charge in [-0.1, -0.05) is 50.3 Å². The van der Waals surface area contributed by atoms with Crippen molar-refractivity contribution in [2.24, 2.45) is 5.92 Å². The largest absolute Gasteiger partial charge is 0.299 e. The Morgan fingerprint density at radius 1 is 1.17 bits per heavy atom. The topological polar surface area (TPSA) is 17.1 Å². The third-order valence-electron chi connectivity index (χ3n) is 3.90. The van der Waals surface area contributed by atoms with Crippen LogP contribution in [0.25, 0.3) is 0 Å². The van der Waals surface area contributed by atoms with Crippen LogP contribution in [0.4, 0.5) is 4.39 Å².